The van der Waals surface area contributed by atoms with Crippen LogP contribution in [0.4, 0.5) is 0 Å². The van der Waals surface area contributed by atoms with Crippen molar-refractivity contribution in [3.05, 3.63) is 30.0 Å². The molecule has 6 heteroatoms. The molecule has 5 nitrogen and oxygen atoms in total. The lowest BCUT2D eigenvalue weighted by Gasteiger charge is -2.10. The Hall–Kier alpha value is -2.26. The van der Waals surface area contributed by atoms with Crippen molar-refractivity contribution >= 4 is 22.6 Å². The van der Waals surface area contributed by atoms with Crippen molar-refractivity contribution in [2.24, 2.45) is 5.92 Å². The standard InChI is InChI=1S/C14H13N5S/c1-9(2)8-19-12-4-3-10(6-15)5-11(12)17-14(19)13-7-16-18-20-13/h3-5,7,9H,8H2,1-2H3. The second-order valence-corrected chi connectivity index (χ2v) is 5.82. The number of imidazole rings is 1. The monoisotopic (exact) mass is 283 g/mol. The molecule has 0 unspecified atom stereocenters. The van der Waals surface area contributed by atoms with Gasteiger partial charge in [-0.15, -0.1) is 5.10 Å². The first-order valence-corrected chi connectivity index (χ1v) is 7.14. The zero-order valence-electron chi connectivity index (χ0n) is 11.2. The highest BCUT2D eigenvalue weighted by Gasteiger charge is 2.15. The summed E-state index contributed by atoms with van der Waals surface area (Å²) in [6.45, 7) is 5.21. The molecule has 3 rings (SSSR count). The molecule has 3 aromatic rings. The molecule has 0 aliphatic rings. The van der Waals surface area contributed by atoms with Crippen LogP contribution in [0.5, 0.6) is 0 Å². The molecule has 0 saturated carbocycles. The molecule has 0 bridgehead atoms. The molecule has 20 heavy (non-hydrogen) atoms. The van der Waals surface area contributed by atoms with Crippen molar-refractivity contribution in [2.45, 2.75) is 20.4 Å². The predicted molar refractivity (Wildman–Crippen MR) is 78.2 cm³/mol. The van der Waals surface area contributed by atoms with Crippen LogP contribution in [0.2, 0.25) is 0 Å². The first-order chi connectivity index (χ1) is 9.69. The van der Waals surface area contributed by atoms with Crippen LogP contribution in [0.3, 0.4) is 0 Å². The minimum Gasteiger partial charge on any atom is -0.323 e. The second kappa shape index (κ2) is 5.02. The quantitative estimate of drug-likeness (QED) is 0.740. The van der Waals surface area contributed by atoms with Gasteiger partial charge in [0.05, 0.1) is 28.9 Å². The molecule has 0 saturated heterocycles. The van der Waals surface area contributed by atoms with Crippen LogP contribution in [0, 0.1) is 17.2 Å². The molecular formula is C14H13N5S. The smallest absolute Gasteiger partial charge is 0.154 e. The van der Waals surface area contributed by atoms with Crippen LogP contribution in [-0.4, -0.2) is 19.1 Å². The number of hydrogen-bond donors (Lipinski definition) is 0. The SMILES string of the molecule is CC(C)Cn1c(-c2cnns2)nc2cc(C#N)ccc21. The lowest BCUT2D eigenvalue weighted by atomic mass is 10.2. The first kappa shape index (κ1) is 12.8. The maximum absolute atomic E-state index is 9.00. The van der Waals surface area contributed by atoms with E-state index in [1.54, 1.807) is 6.20 Å². The van der Waals surface area contributed by atoms with Gasteiger partial charge < -0.3 is 4.57 Å². The van der Waals surface area contributed by atoms with E-state index in [1.165, 1.54) is 11.5 Å². The van der Waals surface area contributed by atoms with Crippen LogP contribution >= 0.6 is 11.5 Å². The van der Waals surface area contributed by atoms with Gasteiger partial charge in [0.1, 0.15) is 4.88 Å². The van der Waals surface area contributed by atoms with Gasteiger partial charge in [-0.05, 0) is 35.6 Å². The van der Waals surface area contributed by atoms with Gasteiger partial charge in [-0.3, -0.25) is 0 Å². The van der Waals surface area contributed by atoms with E-state index in [1.807, 2.05) is 18.2 Å². The first-order valence-electron chi connectivity index (χ1n) is 6.37. The number of hydrogen-bond acceptors (Lipinski definition) is 5. The Balaban J connectivity index is 2.24. The van der Waals surface area contributed by atoms with E-state index in [0.717, 1.165) is 28.3 Å². The summed E-state index contributed by atoms with van der Waals surface area (Å²) in [5, 5.41) is 12.9. The van der Waals surface area contributed by atoms with Crippen molar-refractivity contribution in [1.82, 2.24) is 19.1 Å². The third kappa shape index (κ3) is 2.17. The lowest BCUT2D eigenvalue weighted by molar-refractivity contribution is 0.537. The third-order valence-corrected chi connectivity index (χ3v) is 3.67. The van der Waals surface area contributed by atoms with Gasteiger partial charge in [0.25, 0.3) is 0 Å². The number of rotatable bonds is 3. The summed E-state index contributed by atoms with van der Waals surface area (Å²) >= 11 is 1.33. The van der Waals surface area contributed by atoms with Gasteiger partial charge in [-0.25, -0.2) is 4.98 Å². The van der Waals surface area contributed by atoms with Gasteiger partial charge >= 0.3 is 0 Å². The Morgan fingerprint density at radius 1 is 1.40 bits per heavy atom. The number of nitriles is 1. The summed E-state index contributed by atoms with van der Waals surface area (Å²) in [6.07, 6.45) is 1.73. The van der Waals surface area contributed by atoms with Crippen LogP contribution < -0.4 is 0 Å². The Morgan fingerprint density at radius 3 is 2.90 bits per heavy atom. The molecule has 0 spiro atoms. The molecule has 0 fully saturated rings. The third-order valence-electron chi connectivity index (χ3n) is 3.01. The fourth-order valence-corrected chi connectivity index (χ4v) is 2.72. The minimum absolute atomic E-state index is 0.502. The summed E-state index contributed by atoms with van der Waals surface area (Å²) in [6, 6.07) is 7.76. The van der Waals surface area contributed by atoms with E-state index in [9.17, 15) is 0 Å². The maximum atomic E-state index is 9.00. The molecule has 0 aliphatic carbocycles. The van der Waals surface area contributed by atoms with Crippen molar-refractivity contribution < 1.29 is 0 Å². The largest absolute Gasteiger partial charge is 0.323 e. The normalized spacial score (nSPS) is 11.1. The Morgan fingerprint density at radius 2 is 2.25 bits per heavy atom. The Bertz CT molecular complexity index is 780. The average Bonchev–Trinajstić information content (AvgIpc) is 3.05. The van der Waals surface area contributed by atoms with Crippen molar-refractivity contribution in [3.63, 3.8) is 0 Å². The Labute approximate surface area is 120 Å². The molecule has 0 N–H and O–H groups in total. The van der Waals surface area contributed by atoms with Gasteiger partial charge in [0, 0.05) is 6.54 Å². The summed E-state index contributed by atoms with van der Waals surface area (Å²) in [7, 11) is 0. The van der Waals surface area contributed by atoms with Crippen LogP contribution in [0.1, 0.15) is 19.4 Å². The van der Waals surface area contributed by atoms with Crippen molar-refractivity contribution in [2.75, 3.05) is 0 Å². The second-order valence-electron chi connectivity index (χ2n) is 5.04. The minimum atomic E-state index is 0.502. The molecule has 2 heterocycles. The van der Waals surface area contributed by atoms with Crippen molar-refractivity contribution in [1.29, 1.82) is 5.26 Å². The van der Waals surface area contributed by atoms with E-state index >= 15 is 0 Å². The Kier molecular flexibility index (Phi) is 3.20. The topological polar surface area (TPSA) is 67.4 Å². The fourth-order valence-electron chi connectivity index (χ4n) is 2.20. The molecule has 1 aromatic carbocycles. The number of nitrogens with zero attached hydrogens (tertiary/aromatic N) is 5. The van der Waals surface area contributed by atoms with Crippen LogP contribution in [0.15, 0.2) is 24.4 Å². The van der Waals surface area contributed by atoms with E-state index < -0.39 is 0 Å². The zero-order chi connectivity index (χ0) is 14.1. The molecule has 2 aromatic heterocycles. The molecule has 0 radical (unpaired) electrons. The van der Waals surface area contributed by atoms with E-state index in [4.69, 9.17) is 5.26 Å². The van der Waals surface area contributed by atoms with Crippen molar-refractivity contribution in [3.8, 4) is 16.8 Å². The van der Waals surface area contributed by atoms with Gasteiger partial charge in [-0.2, -0.15) is 5.26 Å². The molecule has 0 aliphatic heterocycles. The number of aromatic nitrogens is 4. The summed E-state index contributed by atoms with van der Waals surface area (Å²) < 4.78 is 6.09. The highest BCUT2D eigenvalue weighted by molar-refractivity contribution is 7.09. The molecular weight excluding hydrogens is 270 g/mol. The summed E-state index contributed by atoms with van der Waals surface area (Å²) in [4.78, 5) is 5.60. The van der Waals surface area contributed by atoms with E-state index in [0.29, 0.717) is 11.5 Å². The fraction of sp³-hybridized carbons (Fsp3) is 0.286. The summed E-state index contributed by atoms with van der Waals surface area (Å²) in [5.74, 6) is 1.38. The van der Waals surface area contributed by atoms with Gasteiger partial charge in [0.2, 0.25) is 0 Å². The van der Waals surface area contributed by atoms with Gasteiger partial charge in [0.15, 0.2) is 5.82 Å². The number of fused-ring (bicyclic) bond motifs is 1. The zero-order valence-corrected chi connectivity index (χ0v) is 12.1. The van der Waals surface area contributed by atoms with Gasteiger partial charge in [-0.1, -0.05) is 18.3 Å². The lowest BCUT2D eigenvalue weighted by Crippen LogP contribution is -2.05. The van der Waals surface area contributed by atoms with E-state index in [2.05, 4.69) is 39.1 Å². The molecule has 0 amide bonds. The van der Waals surface area contributed by atoms with E-state index in [-0.39, 0.29) is 0 Å². The van der Waals surface area contributed by atoms with Crippen LogP contribution in [-0.2, 0) is 6.54 Å². The highest BCUT2D eigenvalue weighted by atomic mass is 32.1. The number of benzene rings is 1. The molecule has 100 valence electrons. The summed E-state index contributed by atoms with van der Waals surface area (Å²) in [5.41, 5.74) is 2.51. The van der Waals surface area contributed by atoms with Crippen LogP contribution in [0.25, 0.3) is 21.7 Å². The predicted octanol–water partition coefficient (Wildman–Crippen LogP) is 3.08. The maximum Gasteiger partial charge on any atom is 0.154 e. The average molecular weight is 283 g/mol. The highest BCUT2D eigenvalue weighted by Crippen LogP contribution is 2.27. The molecule has 0 atom stereocenters.